The number of nitrogens with zero attached hydrogens (tertiary/aromatic N) is 1. The van der Waals surface area contributed by atoms with Gasteiger partial charge in [-0.25, -0.2) is 4.79 Å². The molecule has 3 heterocycles. The van der Waals surface area contributed by atoms with Gasteiger partial charge in [-0.1, -0.05) is 18.2 Å². The first-order valence-electron chi connectivity index (χ1n) is 8.99. The van der Waals surface area contributed by atoms with Crippen LogP contribution >= 0.6 is 0 Å². The maximum Gasteiger partial charge on any atom is 0.317 e. The first-order chi connectivity index (χ1) is 12.1. The number of carbonyl (C=O) groups is 1. The van der Waals surface area contributed by atoms with Gasteiger partial charge < -0.3 is 24.7 Å². The number of H-pyrrole nitrogens is 1. The lowest BCUT2D eigenvalue weighted by atomic mass is 9.99. The summed E-state index contributed by atoms with van der Waals surface area (Å²) in [5.41, 5.74) is 1.96. The minimum absolute atomic E-state index is 0.0162. The van der Waals surface area contributed by atoms with Crippen LogP contribution in [0.2, 0.25) is 0 Å². The topological polar surface area (TPSA) is 66.6 Å². The number of amides is 2. The molecule has 2 unspecified atom stereocenters. The van der Waals surface area contributed by atoms with Crippen LogP contribution in [0.15, 0.2) is 30.3 Å². The van der Waals surface area contributed by atoms with Gasteiger partial charge in [0, 0.05) is 43.7 Å². The average Bonchev–Trinajstić information content (AvgIpc) is 3.20. The Balaban J connectivity index is 1.32. The summed E-state index contributed by atoms with van der Waals surface area (Å²) in [7, 11) is 0. The van der Waals surface area contributed by atoms with E-state index in [2.05, 4.69) is 28.5 Å². The fourth-order valence-corrected chi connectivity index (χ4v) is 3.87. The maximum atomic E-state index is 12.6. The molecule has 25 heavy (non-hydrogen) atoms. The molecule has 1 spiro atoms. The normalized spacial score (nSPS) is 26.4. The van der Waals surface area contributed by atoms with Crippen molar-refractivity contribution in [2.45, 2.75) is 31.5 Å². The number of hydrogen-bond acceptors (Lipinski definition) is 3. The Kier molecular flexibility index (Phi) is 4.39. The number of benzene rings is 1. The van der Waals surface area contributed by atoms with E-state index in [0.29, 0.717) is 32.8 Å². The van der Waals surface area contributed by atoms with Gasteiger partial charge in [0.15, 0.2) is 0 Å². The largest absolute Gasteiger partial charge is 0.378 e. The summed E-state index contributed by atoms with van der Waals surface area (Å²) in [4.78, 5) is 17.8. The number of ether oxygens (including phenoxy) is 2. The number of nitrogens with one attached hydrogen (secondary N) is 2. The molecular formula is C19H25N3O3. The summed E-state index contributed by atoms with van der Waals surface area (Å²) in [6.45, 7) is 5.15. The molecule has 2 aliphatic heterocycles. The van der Waals surface area contributed by atoms with E-state index in [0.717, 1.165) is 24.1 Å². The third-order valence-corrected chi connectivity index (χ3v) is 5.02. The number of hydrogen-bond donors (Lipinski definition) is 2. The molecule has 0 aliphatic carbocycles. The van der Waals surface area contributed by atoms with Gasteiger partial charge in [-0.05, 0) is 24.4 Å². The van der Waals surface area contributed by atoms with Crippen LogP contribution in [0.25, 0.3) is 10.9 Å². The van der Waals surface area contributed by atoms with Gasteiger partial charge in [0.25, 0.3) is 0 Å². The molecule has 2 fully saturated rings. The number of aromatic nitrogens is 1. The molecule has 4 rings (SSSR count). The van der Waals surface area contributed by atoms with Crippen molar-refractivity contribution >= 4 is 16.9 Å². The van der Waals surface area contributed by atoms with Crippen molar-refractivity contribution in [2.24, 2.45) is 0 Å². The van der Waals surface area contributed by atoms with Gasteiger partial charge >= 0.3 is 6.03 Å². The van der Waals surface area contributed by atoms with E-state index in [4.69, 9.17) is 9.47 Å². The molecule has 0 radical (unpaired) electrons. The molecule has 6 heteroatoms. The van der Waals surface area contributed by atoms with Crippen LogP contribution in [0.1, 0.15) is 19.0 Å². The second-order valence-electron chi connectivity index (χ2n) is 7.16. The Bertz CT molecular complexity index is 718. The minimum atomic E-state index is -0.313. The fourth-order valence-electron chi connectivity index (χ4n) is 3.87. The summed E-state index contributed by atoms with van der Waals surface area (Å²) in [5.74, 6) is 0. The Morgan fingerprint density at radius 1 is 1.44 bits per heavy atom. The van der Waals surface area contributed by atoms with Crippen LogP contribution < -0.4 is 5.32 Å². The van der Waals surface area contributed by atoms with Gasteiger partial charge in [0.2, 0.25) is 0 Å². The van der Waals surface area contributed by atoms with Crippen LogP contribution in [0.3, 0.4) is 0 Å². The van der Waals surface area contributed by atoms with Gasteiger partial charge in [-0.3, -0.25) is 0 Å². The molecule has 2 aromatic rings. The third kappa shape index (κ3) is 3.50. The highest BCUT2D eigenvalue weighted by Crippen LogP contribution is 2.29. The summed E-state index contributed by atoms with van der Waals surface area (Å²) in [6.07, 6.45) is 1.68. The molecule has 0 saturated carbocycles. The molecule has 0 bridgehead atoms. The number of aromatic amines is 1. The Morgan fingerprint density at radius 2 is 2.32 bits per heavy atom. The van der Waals surface area contributed by atoms with Gasteiger partial charge in [0.05, 0.1) is 19.3 Å². The lowest BCUT2D eigenvalue weighted by Crippen LogP contribution is -2.59. The molecular weight excluding hydrogens is 318 g/mol. The van der Waals surface area contributed by atoms with Crippen molar-refractivity contribution < 1.29 is 14.3 Å². The lowest BCUT2D eigenvalue weighted by molar-refractivity contribution is -0.137. The molecule has 2 aliphatic rings. The molecule has 134 valence electrons. The van der Waals surface area contributed by atoms with E-state index in [1.54, 1.807) is 0 Å². The highest BCUT2D eigenvalue weighted by atomic mass is 16.6. The summed E-state index contributed by atoms with van der Waals surface area (Å²) < 4.78 is 11.6. The summed E-state index contributed by atoms with van der Waals surface area (Å²) >= 11 is 0. The summed E-state index contributed by atoms with van der Waals surface area (Å²) in [6, 6.07) is 10.3. The second-order valence-corrected chi connectivity index (χ2v) is 7.16. The number of fused-ring (bicyclic) bond motifs is 1. The zero-order chi connectivity index (χ0) is 17.3. The van der Waals surface area contributed by atoms with Gasteiger partial charge in [-0.2, -0.15) is 0 Å². The van der Waals surface area contributed by atoms with Crippen molar-refractivity contribution in [2.75, 3.05) is 32.8 Å². The number of urea groups is 1. The fraction of sp³-hybridized carbons (Fsp3) is 0.526. The van der Waals surface area contributed by atoms with Crippen LogP contribution in [0.5, 0.6) is 0 Å². The smallest absolute Gasteiger partial charge is 0.317 e. The quantitative estimate of drug-likeness (QED) is 0.899. The van der Waals surface area contributed by atoms with Gasteiger partial charge in [-0.15, -0.1) is 0 Å². The second kappa shape index (κ2) is 6.69. The Labute approximate surface area is 147 Å². The zero-order valence-electron chi connectivity index (χ0n) is 14.6. The van der Waals surface area contributed by atoms with E-state index in [-0.39, 0.29) is 17.7 Å². The predicted octanol–water partition coefficient (Wildman–Crippen LogP) is 2.30. The number of para-hydroxylation sites is 1. The standard InChI is InChI=1S/C19H25N3O3/c1-14-11-22(12-19(25-14)7-9-24-13-19)18(23)20-8-6-16-10-15-4-2-3-5-17(15)21-16/h2-5,10,14,21H,6-9,11-13H2,1H3,(H,20,23). The van der Waals surface area contributed by atoms with Crippen LogP contribution in [0.4, 0.5) is 4.79 Å². The predicted molar refractivity (Wildman–Crippen MR) is 95.7 cm³/mol. The molecule has 2 saturated heterocycles. The van der Waals surface area contributed by atoms with E-state index < -0.39 is 0 Å². The molecule has 1 aromatic heterocycles. The van der Waals surface area contributed by atoms with E-state index >= 15 is 0 Å². The van der Waals surface area contributed by atoms with Crippen molar-refractivity contribution in [3.63, 3.8) is 0 Å². The maximum absolute atomic E-state index is 12.6. The third-order valence-electron chi connectivity index (χ3n) is 5.02. The van der Waals surface area contributed by atoms with Crippen LogP contribution in [0, 0.1) is 0 Å². The molecule has 2 atom stereocenters. The van der Waals surface area contributed by atoms with E-state index in [1.165, 1.54) is 5.39 Å². The first kappa shape index (κ1) is 16.4. The Morgan fingerprint density at radius 3 is 3.12 bits per heavy atom. The van der Waals surface area contributed by atoms with E-state index in [9.17, 15) is 4.79 Å². The molecule has 1 aromatic carbocycles. The summed E-state index contributed by atoms with van der Waals surface area (Å²) in [5, 5.41) is 4.25. The van der Waals surface area contributed by atoms with Crippen molar-refractivity contribution in [3.8, 4) is 0 Å². The average molecular weight is 343 g/mol. The number of morpholine rings is 1. The van der Waals surface area contributed by atoms with Gasteiger partial charge in [0.1, 0.15) is 5.60 Å². The van der Waals surface area contributed by atoms with Crippen LogP contribution in [-0.2, 0) is 15.9 Å². The number of carbonyl (C=O) groups excluding carboxylic acids is 1. The van der Waals surface area contributed by atoms with Crippen molar-refractivity contribution in [1.29, 1.82) is 0 Å². The minimum Gasteiger partial charge on any atom is -0.378 e. The monoisotopic (exact) mass is 343 g/mol. The van der Waals surface area contributed by atoms with E-state index in [1.807, 2.05) is 24.0 Å². The highest BCUT2D eigenvalue weighted by molar-refractivity contribution is 5.80. The van der Waals surface area contributed by atoms with Crippen molar-refractivity contribution in [3.05, 3.63) is 36.0 Å². The molecule has 2 amide bonds. The zero-order valence-corrected chi connectivity index (χ0v) is 14.6. The van der Waals surface area contributed by atoms with Crippen LogP contribution in [-0.4, -0.2) is 60.5 Å². The molecule has 2 N–H and O–H groups in total. The first-order valence-corrected chi connectivity index (χ1v) is 8.99. The highest BCUT2D eigenvalue weighted by Gasteiger charge is 2.43. The SMILES string of the molecule is CC1CN(C(=O)NCCc2cc3ccccc3[nH]2)CC2(CCOC2)O1. The Hall–Kier alpha value is -2.05. The lowest BCUT2D eigenvalue weighted by Gasteiger charge is -2.42. The van der Waals surface area contributed by atoms with Crippen molar-refractivity contribution in [1.82, 2.24) is 15.2 Å². The molecule has 6 nitrogen and oxygen atoms in total. The number of rotatable bonds is 3.